The number of carboxylic acid groups (broad SMARTS) is 1. The molecule has 0 aliphatic rings. The zero-order chi connectivity index (χ0) is 11.6. The van der Waals surface area contributed by atoms with Crippen LogP contribution in [-0.4, -0.2) is 42.0 Å². The summed E-state index contributed by atoms with van der Waals surface area (Å²) in [6.07, 6.45) is 3.57. The molecule has 0 fully saturated rings. The lowest BCUT2D eigenvalue weighted by atomic mass is 10.3. The average Bonchev–Trinajstić information content (AvgIpc) is 2.15. The second-order valence-electron chi connectivity index (χ2n) is 2.65. The number of sulfone groups is 1. The molecule has 1 aromatic heterocycles. The smallest absolute Gasteiger partial charge is 0.340 e. The van der Waals surface area contributed by atoms with Crippen molar-refractivity contribution in [3.63, 3.8) is 0 Å². The van der Waals surface area contributed by atoms with Crippen LogP contribution in [0.3, 0.4) is 0 Å². The Bertz CT molecular complexity index is 498. The third-order valence-corrected chi connectivity index (χ3v) is 3.04. The van der Waals surface area contributed by atoms with Crippen molar-refractivity contribution in [2.45, 2.75) is 10.2 Å². The summed E-state index contributed by atoms with van der Waals surface area (Å²) in [7, 11) is -3.51. The highest BCUT2D eigenvalue weighted by atomic mass is 32.2. The third kappa shape index (κ3) is 2.66. The molecular formula is C7H8N2O4S2. The van der Waals surface area contributed by atoms with Gasteiger partial charge in [-0.05, 0) is 6.26 Å². The molecule has 6 nitrogen and oxygen atoms in total. The predicted molar refractivity (Wildman–Crippen MR) is 53.9 cm³/mol. The molecule has 0 atom stereocenters. The van der Waals surface area contributed by atoms with E-state index in [1.165, 1.54) is 0 Å². The SMILES string of the molecule is CSc1nc(S(C)(=O)=O)ncc1C(=O)O. The third-order valence-electron chi connectivity index (χ3n) is 1.49. The Balaban J connectivity index is 3.38. The lowest BCUT2D eigenvalue weighted by Gasteiger charge is -2.02. The van der Waals surface area contributed by atoms with Gasteiger partial charge in [0.2, 0.25) is 15.0 Å². The van der Waals surface area contributed by atoms with E-state index in [9.17, 15) is 13.2 Å². The molecule has 0 saturated carbocycles. The molecule has 0 saturated heterocycles. The Kier molecular flexibility index (Phi) is 3.30. The van der Waals surface area contributed by atoms with Crippen LogP contribution in [0, 0.1) is 0 Å². The molecule has 0 bridgehead atoms. The highest BCUT2D eigenvalue weighted by Crippen LogP contribution is 2.18. The number of aromatic nitrogens is 2. The van der Waals surface area contributed by atoms with E-state index < -0.39 is 15.8 Å². The minimum Gasteiger partial charge on any atom is -0.478 e. The largest absolute Gasteiger partial charge is 0.478 e. The Morgan fingerprint density at radius 1 is 1.53 bits per heavy atom. The van der Waals surface area contributed by atoms with Gasteiger partial charge in [0.15, 0.2) is 0 Å². The van der Waals surface area contributed by atoms with E-state index >= 15 is 0 Å². The van der Waals surface area contributed by atoms with Gasteiger partial charge in [-0.15, -0.1) is 11.8 Å². The van der Waals surface area contributed by atoms with Gasteiger partial charge in [0, 0.05) is 12.5 Å². The van der Waals surface area contributed by atoms with E-state index in [-0.39, 0.29) is 15.7 Å². The molecule has 1 N–H and O–H groups in total. The van der Waals surface area contributed by atoms with Crippen LogP contribution in [0.25, 0.3) is 0 Å². The van der Waals surface area contributed by atoms with Crippen LogP contribution in [0.4, 0.5) is 0 Å². The average molecular weight is 248 g/mol. The van der Waals surface area contributed by atoms with Crippen molar-refractivity contribution in [1.29, 1.82) is 0 Å². The Labute approximate surface area is 90.7 Å². The zero-order valence-corrected chi connectivity index (χ0v) is 9.59. The second kappa shape index (κ2) is 4.15. The topological polar surface area (TPSA) is 97.2 Å². The van der Waals surface area contributed by atoms with Crippen LogP contribution in [0.2, 0.25) is 0 Å². The molecule has 1 rings (SSSR count). The van der Waals surface area contributed by atoms with Crippen molar-refractivity contribution >= 4 is 27.6 Å². The Morgan fingerprint density at radius 2 is 2.13 bits per heavy atom. The zero-order valence-electron chi connectivity index (χ0n) is 7.96. The molecule has 1 heterocycles. The number of carboxylic acids is 1. The molecule has 8 heteroatoms. The fraction of sp³-hybridized carbons (Fsp3) is 0.286. The number of thioether (sulfide) groups is 1. The molecule has 0 radical (unpaired) electrons. The lowest BCUT2D eigenvalue weighted by molar-refractivity contribution is 0.0691. The first-order valence-corrected chi connectivity index (χ1v) is 6.82. The van der Waals surface area contributed by atoms with Gasteiger partial charge in [-0.1, -0.05) is 0 Å². The number of aromatic carboxylic acids is 1. The lowest BCUT2D eigenvalue weighted by Crippen LogP contribution is -2.09. The minimum atomic E-state index is -3.51. The van der Waals surface area contributed by atoms with E-state index in [0.29, 0.717) is 0 Å². The van der Waals surface area contributed by atoms with Gasteiger partial charge in [0.05, 0.1) is 0 Å². The summed E-state index contributed by atoms with van der Waals surface area (Å²) in [5.74, 6) is -1.18. The second-order valence-corrected chi connectivity index (χ2v) is 5.36. The van der Waals surface area contributed by atoms with E-state index in [0.717, 1.165) is 24.2 Å². The fourth-order valence-electron chi connectivity index (χ4n) is 0.832. The first-order chi connectivity index (χ1) is 6.86. The maximum Gasteiger partial charge on any atom is 0.340 e. The normalized spacial score (nSPS) is 11.3. The number of carbonyl (C=O) groups is 1. The molecule has 0 amide bonds. The van der Waals surface area contributed by atoms with Crippen molar-refractivity contribution in [2.75, 3.05) is 12.5 Å². The van der Waals surface area contributed by atoms with Gasteiger partial charge in [0.1, 0.15) is 10.6 Å². The van der Waals surface area contributed by atoms with E-state index in [1.54, 1.807) is 6.26 Å². The first kappa shape index (κ1) is 11.9. The van der Waals surface area contributed by atoms with Gasteiger partial charge >= 0.3 is 5.97 Å². The maximum absolute atomic E-state index is 11.1. The van der Waals surface area contributed by atoms with Crippen LogP contribution in [0.15, 0.2) is 16.4 Å². The summed E-state index contributed by atoms with van der Waals surface area (Å²) >= 11 is 1.06. The summed E-state index contributed by atoms with van der Waals surface area (Å²) < 4.78 is 22.2. The summed E-state index contributed by atoms with van der Waals surface area (Å²) in [5, 5.41) is 8.52. The summed E-state index contributed by atoms with van der Waals surface area (Å²) in [6.45, 7) is 0. The van der Waals surface area contributed by atoms with Gasteiger partial charge in [-0.25, -0.2) is 23.2 Å². The van der Waals surface area contributed by atoms with Gasteiger partial charge in [0.25, 0.3) is 0 Å². The first-order valence-electron chi connectivity index (χ1n) is 3.70. The fourth-order valence-corrected chi connectivity index (χ4v) is 1.93. The summed E-state index contributed by atoms with van der Waals surface area (Å²) in [6, 6.07) is 0. The van der Waals surface area contributed by atoms with Gasteiger partial charge in [-0.2, -0.15) is 0 Å². The molecule has 0 aliphatic heterocycles. The molecule has 0 aromatic carbocycles. The van der Waals surface area contributed by atoms with Crippen molar-refractivity contribution in [2.24, 2.45) is 0 Å². The van der Waals surface area contributed by atoms with E-state index in [4.69, 9.17) is 5.11 Å². The quantitative estimate of drug-likeness (QED) is 0.466. The standard InChI is InChI=1S/C7H8N2O4S2/c1-14-5-4(6(10)11)3-8-7(9-5)15(2,12)13/h3H,1-2H3,(H,10,11). The Morgan fingerprint density at radius 3 is 2.53 bits per heavy atom. The highest BCUT2D eigenvalue weighted by Gasteiger charge is 2.17. The summed E-state index contributed by atoms with van der Waals surface area (Å²) in [5.41, 5.74) is -0.102. The predicted octanol–water partition coefficient (Wildman–Crippen LogP) is 0.300. The van der Waals surface area contributed by atoms with Crippen LogP contribution in [-0.2, 0) is 9.84 Å². The van der Waals surface area contributed by atoms with Crippen LogP contribution >= 0.6 is 11.8 Å². The van der Waals surface area contributed by atoms with Gasteiger partial charge in [-0.3, -0.25) is 0 Å². The molecule has 15 heavy (non-hydrogen) atoms. The van der Waals surface area contributed by atoms with E-state index in [2.05, 4.69) is 9.97 Å². The van der Waals surface area contributed by atoms with Crippen molar-refractivity contribution in [3.8, 4) is 0 Å². The molecule has 0 spiro atoms. The number of rotatable bonds is 3. The maximum atomic E-state index is 11.1. The number of nitrogens with zero attached hydrogens (tertiary/aromatic N) is 2. The van der Waals surface area contributed by atoms with Crippen molar-refractivity contribution in [3.05, 3.63) is 11.8 Å². The Hall–Kier alpha value is -1.15. The molecule has 1 aromatic rings. The number of hydrogen-bond acceptors (Lipinski definition) is 6. The van der Waals surface area contributed by atoms with Crippen LogP contribution in [0.1, 0.15) is 10.4 Å². The minimum absolute atomic E-state index is 0.102. The van der Waals surface area contributed by atoms with Crippen molar-refractivity contribution in [1.82, 2.24) is 9.97 Å². The molecule has 0 aliphatic carbocycles. The monoisotopic (exact) mass is 248 g/mol. The van der Waals surface area contributed by atoms with Crippen LogP contribution < -0.4 is 0 Å². The van der Waals surface area contributed by atoms with E-state index in [1.807, 2.05) is 0 Å². The molecule has 82 valence electrons. The van der Waals surface area contributed by atoms with Crippen molar-refractivity contribution < 1.29 is 18.3 Å². The number of hydrogen-bond donors (Lipinski definition) is 1. The highest BCUT2D eigenvalue weighted by molar-refractivity contribution is 7.98. The molecular weight excluding hydrogens is 240 g/mol. The summed E-state index contributed by atoms with van der Waals surface area (Å²) in [4.78, 5) is 17.9. The van der Waals surface area contributed by atoms with Crippen LogP contribution in [0.5, 0.6) is 0 Å². The molecule has 0 unspecified atom stereocenters. The van der Waals surface area contributed by atoms with Gasteiger partial charge < -0.3 is 5.11 Å².